The lowest BCUT2D eigenvalue weighted by Crippen LogP contribution is -2.23. The van der Waals surface area contributed by atoms with E-state index in [1.54, 1.807) is 6.07 Å². The van der Waals surface area contributed by atoms with Crippen molar-refractivity contribution >= 4 is 22.6 Å². The van der Waals surface area contributed by atoms with Gasteiger partial charge in [0.2, 0.25) is 0 Å². The van der Waals surface area contributed by atoms with Crippen LogP contribution < -0.4 is 4.90 Å². The van der Waals surface area contributed by atoms with Gasteiger partial charge in [0.1, 0.15) is 0 Å². The van der Waals surface area contributed by atoms with Crippen LogP contribution in [0, 0.1) is 0 Å². The molecular weight excluding hydrogens is 228 g/mol. The summed E-state index contributed by atoms with van der Waals surface area (Å²) in [4.78, 5) is 17.3. The maximum Gasteiger partial charge on any atom is 0.337 e. The van der Waals surface area contributed by atoms with E-state index in [0.29, 0.717) is 5.56 Å². The molecule has 0 spiro atoms. The first kappa shape index (κ1) is 11.1. The van der Waals surface area contributed by atoms with Gasteiger partial charge in [0, 0.05) is 30.2 Å². The molecular formula is C14H16N2O2. The van der Waals surface area contributed by atoms with Crippen LogP contribution in [-0.4, -0.2) is 31.7 Å². The molecule has 0 saturated carbocycles. The Morgan fingerprint density at radius 2 is 2.28 bits per heavy atom. The summed E-state index contributed by atoms with van der Waals surface area (Å²) in [6.07, 6.45) is 2.24. The number of hydrogen-bond acceptors (Lipinski definition) is 3. The number of aromatic nitrogens is 1. The van der Waals surface area contributed by atoms with Crippen LogP contribution in [0.5, 0.6) is 0 Å². The Balaban J connectivity index is 2.20. The number of carbonyl (C=O) groups is 1. The number of methoxy groups -OCH3 is 1. The second-order valence-electron chi connectivity index (χ2n) is 4.73. The van der Waals surface area contributed by atoms with Gasteiger partial charge in [-0.2, -0.15) is 0 Å². The Morgan fingerprint density at radius 1 is 1.44 bits per heavy atom. The minimum absolute atomic E-state index is 0.287. The van der Waals surface area contributed by atoms with E-state index in [1.807, 2.05) is 12.1 Å². The van der Waals surface area contributed by atoms with Crippen molar-refractivity contribution < 1.29 is 9.53 Å². The van der Waals surface area contributed by atoms with Gasteiger partial charge in [-0.25, -0.2) is 4.79 Å². The van der Waals surface area contributed by atoms with Crippen molar-refractivity contribution in [3.63, 3.8) is 0 Å². The molecule has 4 heteroatoms. The molecule has 94 valence electrons. The first-order valence-electron chi connectivity index (χ1n) is 6.15. The highest BCUT2D eigenvalue weighted by Crippen LogP contribution is 2.34. The molecule has 1 aliphatic heterocycles. The molecule has 1 aromatic heterocycles. The fourth-order valence-electron chi connectivity index (χ4n) is 2.70. The first-order chi connectivity index (χ1) is 8.70. The van der Waals surface area contributed by atoms with Gasteiger partial charge in [-0.1, -0.05) is 0 Å². The second kappa shape index (κ2) is 4.05. The van der Waals surface area contributed by atoms with Crippen LogP contribution in [0.2, 0.25) is 0 Å². The first-order valence-corrected chi connectivity index (χ1v) is 6.15. The van der Waals surface area contributed by atoms with Gasteiger partial charge in [-0.15, -0.1) is 0 Å². The van der Waals surface area contributed by atoms with Crippen LogP contribution in [0.25, 0.3) is 10.9 Å². The average molecular weight is 244 g/mol. The number of rotatable bonds is 1. The summed E-state index contributed by atoms with van der Waals surface area (Å²) in [5.41, 5.74) is 4.18. The Hall–Kier alpha value is -1.97. The van der Waals surface area contributed by atoms with Gasteiger partial charge in [-0.3, -0.25) is 0 Å². The van der Waals surface area contributed by atoms with Crippen LogP contribution in [0.15, 0.2) is 18.2 Å². The summed E-state index contributed by atoms with van der Waals surface area (Å²) in [6, 6.07) is 5.67. The Morgan fingerprint density at radius 3 is 3.06 bits per heavy atom. The quantitative estimate of drug-likeness (QED) is 0.783. The minimum atomic E-state index is -0.287. The molecule has 0 radical (unpaired) electrons. The molecule has 0 unspecified atom stereocenters. The summed E-state index contributed by atoms with van der Waals surface area (Å²) < 4.78 is 4.77. The van der Waals surface area contributed by atoms with Crippen LogP contribution in [-0.2, 0) is 11.2 Å². The fourth-order valence-corrected chi connectivity index (χ4v) is 2.70. The smallest absolute Gasteiger partial charge is 0.337 e. The van der Waals surface area contributed by atoms with Gasteiger partial charge in [-0.05, 0) is 31.0 Å². The average Bonchev–Trinajstić information content (AvgIpc) is 2.76. The molecule has 2 aromatic rings. The predicted molar refractivity (Wildman–Crippen MR) is 71.2 cm³/mol. The molecule has 0 amide bonds. The van der Waals surface area contributed by atoms with E-state index in [0.717, 1.165) is 23.9 Å². The maximum absolute atomic E-state index is 11.6. The lowest BCUT2D eigenvalue weighted by molar-refractivity contribution is 0.0601. The van der Waals surface area contributed by atoms with Crippen molar-refractivity contribution in [1.29, 1.82) is 0 Å². The Bertz CT molecular complexity index is 616. The zero-order valence-electron chi connectivity index (χ0n) is 10.6. The number of aromatic amines is 1. The van der Waals surface area contributed by atoms with Crippen molar-refractivity contribution in [2.75, 3.05) is 25.6 Å². The topological polar surface area (TPSA) is 45.3 Å². The molecule has 0 saturated heterocycles. The van der Waals surface area contributed by atoms with Crippen molar-refractivity contribution in [2.45, 2.75) is 12.8 Å². The van der Waals surface area contributed by atoms with Crippen molar-refractivity contribution in [3.8, 4) is 0 Å². The molecule has 4 nitrogen and oxygen atoms in total. The second-order valence-corrected chi connectivity index (χ2v) is 4.73. The van der Waals surface area contributed by atoms with E-state index in [2.05, 4.69) is 16.9 Å². The van der Waals surface area contributed by atoms with Crippen molar-refractivity contribution in [2.24, 2.45) is 0 Å². The molecule has 0 bridgehead atoms. The number of ether oxygens (including phenoxy) is 1. The van der Waals surface area contributed by atoms with Crippen LogP contribution in [0.1, 0.15) is 22.5 Å². The number of benzene rings is 1. The van der Waals surface area contributed by atoms with Gasteiger partial charge < -0.3 is 14.6 Å². The molecule has 2 heterocycles. The third-order valence-electron chi connectivity index (χ3n) is 3.57. The number of carbonyl (C=O) groups excluding carboxylic acids is 1. The molecule has 1 aliphatic rings. The normalized spacial score (nSPS) is 14.7. The molecule has 18 heavy (non-hydrogen) atoms. The monoisotopic (exact) mass is 244 g/mol. The largest absolute Gasteiger partial charge is 0.465 e. The highest BCUT2D eigenvalue weighted by atomic mass is 16.5. The van der Waals surface area contributed by atoms with Gasteiger partial charge in [0.15, 0.2) is 0 Å². The van der Waals surface area contributed by atoms with E-state index < -0.39 is 0 Å². The van der Waals surface area contributed by atoms with Gasteiger partial charge >= 0.3 is 5.97 Å². The van der Waals surface area contributed by atoms with Crippen LogP contribution in [0.3, 0.4) is 0 Å². The number of H-pyrrole nitrogens is 1. The van der Waals surface area contributed by atoms with Crippen LogP contribution >= 0.6 is 0 Å². The number of nitrogens with one attached hydrogen (secondary N) is 1. The standard InChI is InChI=1S/C14H16N2O2/c1-16-7-3-4-12-13(16)10-8-9(14(17)18-2)5-6-11(10)15-12/h5-6,8,15H,3-4,7H2,1-2H3. The maximum atomic E-state index is 11.6. The van der Waals surface area contributed by atoms with E-state index >= 15 is 0 Å². The molecule has 0 aliphatic carbocycles. The molecule has 1 N–H and O–H groups in total. The summed E-state index contributed by atoms with van der Waals surface area (Å²) in [5, 5.41) is 1.11. The van der Waals surface area contributed by atoms with E-state index in [-0.39, 0.29) is 5.97 Å². The lowest BCUT2D eigenvalue weighted by Gasteiger charge is -2.24. The van der Waals surface area contributed by atoms with E-state index in [4.69, 9.17) is 4.74 Å². The Labute approximate surface area is 106 Å². The number of aryl methyl sites for hydroxylation is 1. The Kier molecular flexibility index (Phi) is 2.51. The number of anilines is 1. The number of nitrogens with zero attached hydrogens (tertiary/aromatic N) is 1. The van der Waals surface area contributed by atoms with Gasteiger partial charge in [0.05, 0.1) is 18.4 Å². The summed E-state index contributed by atoms with van der Waals surface area (Å²) in [6.45, 7) is 1.06. The molecule has 1 aromatic carbocycles. The zero-order valence-corrected chi connectivity index (χ0v) is 10.6. The lowest BCUT2D eigenvalue weighted by atomic mass is 10.1. The number of hydrogen-bond donors (Lipinski definition) is 1. The van der Waals surface area contributed by atoms with Crippen LogP contribution in [0.4, 0.5) is 5.69 Å². The molecule has 0 atom stereocenters. The highest BCUT2D eigenvalue weighted by Gasteiger charge is 2.20. The van der Waals surface area contributed by atoms with E-state index in [1.165, 1.54) is 24.9 Å². The van der Waals surface area contributed by atoms with Crippen molar-refractivity contribution in [1.82, 2.24) is 4.98 Å². The zero-order chi connectivity index (χ0) is 12.7. The summed E-state index contributed by atoms with van der Waals surface area (Å²) in [7, 11) is 3.50. The van der Waals surface area contributed by atoms with E-state index in [9.17, 15) is 4.79 Å². The SMILES string of the molecule is COC(=O)c1ccc2[nH]c3c(c2c1)N(C)CCC3. The molecule has 3 rings (SSSR count). The number of fused-ring (bicyclic) bond motifs is 3. The molecule has 0 fully saturated rings. The van der Waals surface area contributed by atoms with Gasteiger partial charge in [0.25, 0.3) is 0 Å². The summed E-state index contributed by atoms with van der Waals surface area (Å²) >= 11 is 0. The third kappa shape index (κ3) is 1.56. The summed E-state index contributed by atoms with van der Waals surface area (Å²) in [5.74, 6) is -0.287. The minimum Gasteiger partial charge on any atom is -0.465 e. The van der Waals surface area contributed by atoms with Crippen molar-refractivity contribution in [3.05, 3.63) is 29.5 Å². The number of esters is 1. The third-order valence-corrected chi connectivity index (χ3v) is 3.57. The predicted octanol–water partition coefficient (Wildman–Crippen LogP) is 2.34. The highest BCUT2D eigenvalue weighted by molar-refractivity contribution is 6.00. The fraction of sp³-hybridized carbons (Fsp3) is 0.357.